The zero-order chi connectivity index (χ0) is 16.3. The summed E-state index contributed by atoms with van der Waals surface area (Å²) in [6.07, 6.45) is 5.48. The van der Waals surface area contributed by atoms with Crippen molar-refractivity contribution in [3.05, 3.63) is 23.7 Å². The van der Waals surface area contributed by atoms with E-state index in [9.17, 15) is 15.0 Å². The van der Waals surface area contributed by atoms with E-state index in [-0.39, 0.29) is 29.6 Å². The van der Waals surface area contributed by atoms with Crippen LogP contribution in [0.3, 0.4) is 0 Å². The number of carbonyl (C=O) groups excluding carboxylic acids is 1. The maximum Gasteiger partial charge on any atom is 0.314 e. The summed E-state index contributed by atoms with van der Waals surface area (Å²) < 4.78 is 10.5. The molecule has 5 heteroatoms. The van der Waals surface area contributed by atoms with Crippen molar-refractivity contribution in [2.75, 3.05) is 7.11 Å². The van der Waals surface area contributed by atoms with Crippen molar-refractivity contribution in [1.29, 1.82) is 0 Å². The number of rotatable bonds is 4. The number of esters is 1. The first-order valence-electron chi connectivity index (χ1n) is 7.97. The lowest BCUT2D eigenvalue weighted by Gasteiger charge is -2.31. The van der Waals surface area contributed by atoms with Crippen LogP contribution in [0, 0.1) is 23.7 Å². The second-order valence-corrected chi connectivity index (χ2v) is 6.40. The Morgan fingerprint density at radius 2 is 1.82 bits per heavy atom. The van der Waals surface area contributed by atoms with Gasteiger partial charge in [0.25, 0.3) is 0 Å². The van der Waals surface area contributed by atoms with E-state index in [4.69, 9.17) is 9.47 Å². The standard InChI is InChI=1S/C17H26O5/c1-10-11(2)15(9-8-14(10)18)22-17(20)13-6-4-12(5-7-13)16(19)21-3/h8-13,16,18-19H,4-7H2,1-3H3. The van der Waals surface area contributed by atoms with Gasteiger partial charge in [-0.25, -0.2) is 0 Å². The van der Waals surface area contributed by atoms with Gasteiger partial charge in [0.2, 0.25) is 0 Å². The van der Waals surface area contributed by atoms with Crippen LogP contribution in [0.15, 0.2) is 23.7 Å². The summed E-state index contributed by atoms with van der Waals surface area (Å²) in [7, 11) is 1.49. The Hall–Kier alpha value is -1.33. The normalized spacial score (nSPS) is 33.6. The number of aliphatic hydroxyl groups excluding tert-OH is 2. The molecule has 3 atom stereocenters. The van der Waals surface area contributed by atoms with E-state index in [1.165, 1.54) is 7.11 Å². The Kier molecular flexibility index (Phi) is 5.64. The van der Waals surface area contributed by atoms with Gasteiger partial charge in [-0.05, 0) is 37.8 Å². The van der Waals surface area contributed by atoms with Crippen LogP contribution in [0.2, 0.25) is 0 Å². The fourth-order valence-corrected chi connectivity index (χ4v) is 3.13. The quantitative estimate of drug-likeness (QED) is 0.617. The number of ether oxygens (including phenoxy) is 2. The molecule has 2 N–H and O–H groups in total. The van der Waals surface area contributed by atoms with Crippen LogP contribution in [0.25, 0.3) is 0 Å². The van der Waals surface area contributed by atoms with Gasteiger partial charge in [0.15, 0.2) is 6.29 Å². The molecule has 0 aromatic rings. The lowest BCUT2D eigenvalue weighted by atomic mass is 9.81. The molecule has 2 aliphatic carbocycles. The Morgan fingerprint density at radius 3 is 2.41 bits per heavy atom. The molecule has 0 bridgehead atoms. The Bertz CT molecular complexity index is 460. The molecule has 0 saturated heterocycles. The first-order valence-corrected chi connectivity index (χ1v) is 7.97. The smallest absolute Gasteiger partial charge is 0.314 e. The van der Waals surface area contributed by atoms with Crippen molar-refractivity contribution in [3.8, 4) is 0 Å². The van der Waals surface area contributed by atoms with E-state index in [1.54, 1.807) is 12.2 Å². The second-order valence-electron chi connectivity index (χ2n) is 6.40. The van der Waals surface area contributed by atoms with Crippen LogP contribution >= 0.6 is 0 Å². The van der Waals surface area contributed by atoms with Crippen LogP contribution in [0.4, 0.5) is 0 Å². The molecule has 0 heterocycles. The highest BCUT2D eigenvalue weighted by Crippen LogP contribution is 2.34. The van der Waals surface area contributed by atoms with Gasteiger partial charge in [-0.1, -0.05) is 13.8 Å². The highest BCUT2D eigenvalue weighted by atomic mass is 16.6. The van der Waals surface area contributed by atoms with Crippen LogP contribution in [0.1, 0.15) is 39.5 Å². The van der Waals surface area contributed by atoms with Crippen molar-refractivity contribution in [3.63, 3.8) is 0 Å². The lowest BCUT2D eigenvalue weighted by Crippen LogP contribution is -2.31. The molecule has 0 aromatic heterocycles. The highest BCUT2D eigenvalue weighted by molar-refractivity contribution is 5.73. The fourth-order valence-electron chi connectivity index (χ4n) is 3.13. The first-order chi connectivity index (χ1) is 10.4. The largest absolute Gasteiger partial charge is 0.512 e. The van der Waals surface area contributed by atoms with E-state index < -0.39 is 6.29 Å². The molecule has 1 saturated carbocycles. The maximum absolute atomic E-state index is 12.3. The molecular weight excluding hydrogens is 284 g/mol. The molecule has 1 fully saturated rings. The van der Waals surface area contributed by atoms with E-state index in [1.807, 2.05) is 13.8 Å². The van der Waals surface area contributed by atoms with Crippen molar-refractivity contribution in [2.45, 2.75) is 45.8 Å². The summed E-state index contributed by atoms with van der Waals surface area (Å²) in [4.78, 5) is 12.3. The predicted octanol–water partition coefficient (Wildman–Crippen LogP) is 2.91. The summed E-state index contributed by atoms with van der Waals surface area (Å²) in [5, 5.41) is 19.4. The third-order valence-electron chi connectivity index (χ3n) is 5.05. The molecule has 0 spiro atoms. The summed E-state index contributed by atoms with van der Waals surface area (Å²) in [6.45, 7) is 3.85. The first kappa shape index (κ1) is 17.0. The molecule has 0 radical (unpaired) electrons. The Balaban J connectivity index is 1.89. The summed E-state index contributed by atoms with van der Waals surface area (Å²) >= 11 is 0. The van der Waals surface area contributed by atoms with Gasteiger partial charge in [0.05, 0.1) is 11.7 Å². The van der Waals surface area contributed by atoms with Gasteiger partial charge in [-0.3, -0.25) is 4.79 Å². The highest BCUT2D eigenvalue weighted by Gasteiger charge is 2.33. The van der Waals surface area contributed by atoms with Crippen LogP contribution in [-0.2, 0) is 14.3 Å². The molecule has 0 aliphatic heterocycles. The second kappa shape index (κ2) is 7.29. The average molecular weight is 310 g/mol. The Labute approximate surface area is 131 Å². The molecule has 0 amide bonds. The summed E-state index contributed by atoms with van der Waals surface area (Å²) in [6, 6.07) is 0. The van der Waals surface area contributed by atoms with Gasteiger partial charge < -0.3 is 19.7 Å². The predicted molar refractivity (Wildman–Crippen MR) is 81.7 cm³/mol. The topological polar surface area (TPSA) is 76.0 Å². The molecule has 2 rings (SSSR count). The van der Waals surface area contributed by atoms with Gasteiger partial charge in [-0.2, -0.15) is 0 Å². The van der Waals surface area contributed by atoms with E-state index in [0.717, 1.165) is 12.8 Å². The SMILES string of the molecule is COC(O)C1CCC(C(=O)OC2=CC=C(O)C(C)C2C)CC1. The molecule has 22 heavy (non-hydrogen) atoms. The third-order valence-corrected chi connectivity index (χ3v) is 5.05. The zero-order valence-electron chi connectivity index (χ0n) is 13.5. The summed E-state index contributed by atoms with van der Waals surface area (Å²) in [5.41, 5.74) is 0. The number of allylic oxidation sites excluding steroid dienone is 4. The van der Waals surface area contributed by atoms with Crippen LogP contribution in [0.5, 0.6) is 0 Å². The fraction of sp³-hybridized carbons (Fsp3) is 0.706. The number of hydrogen-bond acceptors (Lipinski definition) is 5. The van der Waals surface area contributed by atoms with Crippen molar-refractivity contribution in [1.82, 2.24) is 0 Å². The minimum Gasteiger partial charge on any atom is -0.512 e. The van der Waals surface area contributed by atoms with Crippen molar-refractivity contribution < 1.29 is 24.5 Å². The minimum atomic E-state index is -0.744. The van der Waals surface area contributed by atoms with Crippen LogP contribution in [-0.4, -0.2) is 29.6 Å². The van der Waals surface area contributed by atoms with Gasteiger partial charge in [0, 0.05) is 24.9 Å². The molecule has 2 aliphatic rings. The molecule has 5 nitrogen and oxygen atoms in total. The third kappa shape index (κ3) is 3.70. The monoisotopic (exact) mass is 310 g/mol. The molecular formula is C17H26O5. The number of aliphatic hydroxyl groups is 2. The number of hydrogen-bond donors (Lipinski definition) is 2. The molecule has 0 aromatic carbocycles. The van der Waals surface area contributed by atoms with Gasteiger partial charge >= 0.3 is 5.97 Å². The molecule has 124 valence electrons. The average Bonchev–Trinajstić information content (AvgIpc) is 2.54. The van der Waals surface area contributed by atoms with Gasteiger partial charge in [0.1, 0.15) is 5.76 Å². The Morgan fingerprint density at radius 1 is 1.18 bits per heavy atom. The van der Waals surface area contributed by atoms with Gasteiger partial charge in [-0.15, -0.1) is 0 Å². The van der Waals surface area contributed by atoms with E-state index in [0.29, 0.717) is 24.4 Å². The number of methoxy groups -OCH3 is 1. The van der Waals surface area contributed by atoms with Crippen molar-refractivity contribution in [2.24, 2.45) is 23.7 Å². The van der Waals surface area contributed by atoms with Crippen LogP contribution < -0.4 is 0 Å². The number of carbonyl (C=O) groups is 1. The minimum absolute atomic E-state index is 0.0133. The summed E-state index contributed by atoms with van der Waals surface area (Å²) in [5.74, 6) is 0.659. The maximum atomic E-state index is 12.3. The lowest BCUT2D eigenvalue weighted by molar-refractivity contribution is -0.151. The van der Waals surface area contributed by atoms with Crippen molar-refractivity contribution >= 4 is 5.97 Å². The zero-order valence-corrected chi connectivity index (χ0v) is 13.5. The molecule has 3 unspecified atom stereocenters. The van der Waals surface area contributed by atoms with E-state index >= 15 is 0 Å². The van der Waals surface area contributed by atoms with E-state index in [2.05, 4.69) is 0 Å².